The summed E-state index contributed by atoms with van der Waals surface area (Å²) in [5, 5.41) is 8.81. The maximum Gasteiger partial charge on any atom is 0.240 e. The van der Waals surface area contributed by atoms with Gasteiger partial charge in [0.15, 0.2) is 0 Å². The van der Waals surface area contributed by atoms with Crippen LogP contribution in [0, 0.1) is 6.92 Å². The predicted octanol–water partition coefficient (Wildman–Crippen LogP) is 4.02. The van der Waals surface area contributed by atoms with Crippen LogP contribution in [0.5, 0.6) is 0 Å². The van der Waals surface area contributed by atoms with Crippen LogP contribution in [0.4, 0.5) is 5.69 Å². The molecule has 136 valence electrons. The highest BCUT2D eigenvalue weighted by atomic mass is 16.2. The van der Waals surface area contributed by atoms with Gasteiger partial charge in [0.25, 0.3) is 0 Å². The molecule has 3 aromatic rings. The summed E-state index contributed by atoms with van der Waals surface area (Å²) in [6.45, 7) is 2.01. The first-order valence-electron chi connectivity index (χ1n) is 8.78. The van der Waals surface area contributed by atoms with E-state index in [-0.39, 0.29) is 24.7 Å². The van der Waals surface area contributed by atoms with Gasteiger partial charge < -0.3 is 5.32 Å². The van der Waals surface area contributed by atoms with Crippen LogP contribution in [0.3, 0.4) is 0 Å². The highest BCUT2D eigenvalue weighted by Gasteiger charge is 2.08. The van der Waals surface area contributed by atoms with E-state index >= 15 is 0 Å². The molecule has 5 nitrogen and oxygen atoms in total. The minimum absolute atomic E-state index is 0.0713. The van der Waals surface area contributed by atoms with Crippen LogP contribution in [0.25, 0.3) is 10.8 Å². The number of anilines is 1. The molecule has 0 saturated heterocycles. The number of benzene rings is 3. The summed E-state index contributed by atoms with van der Waals surface area (Å²) in [5.74, 6) is -0.504. The number of nitrogens with one attached hydrogen (secondary N) is 2. The van der Waals surface area contributed by atoms with E-state index in [1.165, 1.54) is 0 Å². The molecule has 0 heterocycles. The first-order chi connectivity index (χ1) is 13.1. The molecule has 0 aliphatic carbocycles. The number of hydrogen-bond donors (Lipinski definition) is 2. The lowest BCUT2D eigenvalue weighted by molar-refractivity contribution is -0.124. The molecule has 0 fully saturated rings. The normalized spacial score (nSPS) is 10.9. The number of fused-ring (bicyclic) bond motifs is 1. The fraction of sp³-hybridized carbons (Fsp3) is 0.136. The maximum atomic E-state index is 12.2. The number of hydrazone groups is 1. The number of rotatable bonds is 6. The lowest BCUT2D eigenvalue weighted by Gasteiger charge is -2.08. The van der Waals surface area contributed by atoms with Crippen LogP contribution in [0.15, 0.2) is 71.8 Å². The van der Waals surface area contributed by atoms with Gasteiger partial charge in [0, 0.05) is 23.9 Å². The van der Waals surface area contributed by atoms with E-state index in [0.717, 1.165) is 27.6 Å². The van der Waals surface area contributed by atoms with E-state index in [9.17, 15) is 9.59 Å². The summed E-state index contributed by atoms with van der Waals surface area (Å²) in [6, 6.07) is 21.3. The Labute approximate surface area is 158 Å². The molecule has 2 N–H and O–H groups in total. The van der Waals surface area contributed by atoms with Crippen molar-refractivity contribution in [3.63, 3.8) is 0 Å². The highest BCUT2D eigenvalue weighted by Crippen LogP contribution is 2.23. The molecule has 0 aliphatic rings. The van der Waals surface area contributed by atoms with Crippen molar-refractivity contribution in [2.75, 3.05) is 5.32 Å². The molecule has 0 aliphatic heterocycles. The van der Waals surface area contributed by atoms with Crippen LogP contribution in [0.2, 0.25) is 0 Å². The van der Waals surface area contributed by atoms with Gasteiger partial charge in [-0.15, -0.1) is 0 Å². The monoisotopic (exact) mass is 359 g/mol. The summed E-state index contributed by atoms with van der Waals surface area (Å²) < 4.78 is 0. The molecule has 0 atom stereocenters. The number of hydrogen-bond acceptors (Lipinski definition) is 3. The molecule has 0 bridgehead atoms. The Bertz CT molecular complexity index is 973. The zero-order valence-corrected chi connectivity index (χ0v) is 15.1. The van der Waals surface area contributed by atoms with E-state index in [1.807, 2.05) is 73.7 Å². The minimum Gasteiger partial charge on any atom is -0.326 e. The van der Waals surface area contributed by atoms with Gasteiger partial charge in [-0.25, -0.2) is 5.43 Å². The van der Waals surface area contributed by atoms with Crippen LogP contribution < -0.4 is 10.7 Å². The molecule has 0 saturated carbocycles. The SMILES string of the molecule is Cc1ccc(/C=N/NC(=O)CCC(=O)Nc2cccc3ccccc23)cc1. The summed E-state index contributed by atoms with van der Waals surface area (Å²) in [6.07, 6.45) is 1.74. The zero-order valence-electron chi connectivity index (χ0n) is 15.1. The Morgan fingerprint density at radius 2 is 1.59 bits per heavy atom. The first-order valence-corrected chi connectivity index (χ1v) is 8.78. The van der Waals surface area contributed by atoms with E-state index < -0.39 is 0 Å². The van der Waals surface area contributed by atoms with Crippen molar-refractivity contribution in [2.45, 2.75) is 19.8 Å². The van der Waals surface area contributed by atoms with E-state index in [2.05, 4.69) is 15.8 Å². The molecule has 5 heteroatoms. The fourth-order valence-corrected chi connectivity index (χ4v) is 2.66. The first kappa shape index (κ1) is 18.3. The highest BCUT2D eigenvalue weighted by molar-refractivity contribution is 6.02. The number of aryl methyl sites for hydroxylation is 1. The second-order valence-corrected chi connectivity index (χ2v) is 6.28. The molecular formula is C22H21N3O2. The molecule has 0 aromatic heterocycles. The fourth-order valence-electron chi connectivity index (χ4n) is 2.66. The lowest BCUT2D eigenvalue weighted by Crippen LogP contribution is -2.20. The molecule has 27 heavy (non-hydrogen) atoms. The zero-order chi connectivity index (χ0) is 19.1. The van der Waals surface area contributed by atoms with Crippen LogP contribution in [-0.4, -0.2) is 18.0 Å². The third-order valence-electron chi connectivity index (χ3n) is 4.12. The van der Waals surface area contributed by atoms with Gasteiger partial charge in [-0.3, -0.25) is 9.59 Å². The Morgan fingerprint density at radius 3 is 2.41 bits per heavy atom. The van der Waals surface area contributed by atoms with Crippen molar-refractivity contribution < 1.29 is 9.59 Å². The second kappa shape index (κ2) is 8.76. The average molecular weight is 359 g/mol. The van der Waals surface area contributed by atoms with Crippen molar-refractivity contribution in [1.82, 2.24) is 5.43 Å². The quantitative estimate of drug-likeness (QED) is 0.515. The molecule has 0 unspecified atom stereocenters. The van der Waals surface area contributed by atoms with Gasteiger partial charge >= 0.3 is 0 Å². The Balaban J connectivity index is 1.48. The maximum absolute atomic E-state index is 12.2. The van der Waals surface area contributed by atoms with E-state index in [0.29, 0.717) is 0 Å². The standard InChI is InChI=1S/C22H21N3O2/c1-16-9-11-17(12-10-16)15-23-25-22(27)14-13-21(26)24-20-8-4-6-18-5-2-3-7-19(18)20/h2-12,15H,13-14H2,1H3,(H,24,26)(H,25,27)/b23-15+. The third kappa shape index (κ3) is 5.25. The van der Waals surface area contributed by atoms with Crippen LogP contribution in [0.1, 0.15) is 24.0 Å². The number of carbonyl (C=O) groups excluding carboxylic acids is 2. The minimum atomic E-state index is -0.300. The average Bonchev–Trinajstić information content (AvgIpc) is 2.68. The van der Waals surface area contributed by atoms with Crippen molar-refractivity contribution in [1.29, 1.82) is 0 Å². The number of nitrogens with zero attached hydrogens (tertiary/aromatic N) is 1. The Hall–Kier alpha value is -3.47. The summed E-state index contributed by atoms with van der Waals surface area (Å²) in [4.78, 5) is 24.0. The summed E-state index contributed by atoms with van der Waals surface area (Å²) in [5.41, 5.74) is 5.25. The van der Waals surface area contributed by atoms with Gasteiger partial charge in [0.1, 0.15) is 0 Å². The summed E-state index contributed by atoms with van der Waals surface area (Å²) in [7, 11) is 0. The van der Waals surface area contributed by atoms with Gasteiger partial charge in [-0.05, 0) is 23.9 Å². The van der Waals surface area contributed by atoms with Gasteiger partial charge in [0.05, 0.1) is 6.21 Å². The van der Waals surface area contributed by atoms with Crippen molar-refractivity contribution >= 4 is 34.5 Å². The van der Waals surface area contributed by atoms with Gasteiger partial charge in [-0.2, -0.15) is 5.10 Å². The molecule has 0 spiro atoms. The Kier molecular flexibility index (Phi) is 5.94. The topological polar surface area (TPSA) is 70.6 Å². The van der Waals surface area contributed by atoms with E-state index in [4.69, 9.17) is 0 Å². The third-order valence-corrected chi connectivity index (χ3v) is 4.12. The van der Waals surface area contributed by atoms with Gasteiger partial charge in [-0.1, -0.05) is 66.2 Å². The lowest BCUT2D eigenvalue weighted by atomic mass is 10.1. The second-order valence-electron chi connectivity index (χ2n) is 6.28. The smallest absolute Gasteiger partial charge is 0.240 e. The van der Waals surface area contributed by atoms with Gasteiger partial charge in [0.2, 0.25) is 11.8 Å². The van der Waals surface area contributed by atoms with Crippen LogP contribution in [-0.2, 0) is 9.59 Å². The predicted molar refractivity (Wildman–Crippen MR) is 109 cm³/mol. The molecule has 3 rings (SSSR count). The molecule has 0 radical (unpaired) electrons. The largest absolute Gasteiger partial charge is 0.326 e. The van der Waals surface area contributed by atoms with Crippen LogP contribution >= 0.6 is 0 Å². The molecule has 2 amide bonds. The number of carbonyl (C=O) groups is 2. The molecule has 3 aromatic carbocycles. The Morgan fingerprint density at radius 1 is 0.889 bits per heavy atom. The van der Waals surface area contributed by atoms with Crippen molar-refractivity contribution in [3.8, 4) is 0 Å². The van der Waals surface area contributed by atoms with Crippen molar-refractivity contribution in [3.05, 3.63) is 77.9 Å². The van der Waals surface area contributed by atoms with E-state index in [1.54, 1.807) is 6.21 Å². The summed E-state index contributed by atoms with van der Waals surface area (Å²) >= 11 is 0. The molecular weight excluding hydrogens is 338 g/mol. The van der Waals surface area contributed by atoms with Crippen molar-refractivity contribution in [2.24, 2.45) is 5.10 Å². The number of amides is 2.